The summed E-state index contributed by atoms with van der Waals surface area (Å²) in [6.45, 7) is 0.401. The number of carbonyl (C=O) groups excluding carboxylic acids is 1. The molecule has 0 aliphatic heterocycles. The Kier molecular flexibility index (Phi) is 5.53. The molecular formula is C23H19FN2O2S. The van der Waals surface area contributed by atoms with Crippen LogP contribution in [0.1, 0.15) is 11.1 Å². The molecule has 0 spiro atoms. The van der Waals surface area contributed by atoms with Crippen LogP contribution in [0.15, 0.2) is 72.8 Å². The summed E-state index contributed by atoms with van der Waals surface area (Å²) in [5.41, 5.74) is 2.57. The third-order valence-electron chi connectivity index (χ3n) is 4.57. The van der Waals surface area contributed by atoms with Gasteiger partial charge >= 0.3 is 0 Å². The lowest BCUT2D eigenvalue weighted by Gasteiger charge is -2.20. The van der Waals surface area contributed by atoms with Crippen molar-refractivity contribution in [2.45, 2.75) is 13.0 Å². The van der Waals surface area contributed by atoms with Gasteiger partial charge in [-0.1, -0.05) is 53.8 Å². The number of thiazole rings is 1. The minimum Gasteiger partial charge on any atom is -0.497 e. The van der Waals surface area contributed by atoms with E-state index in [9.17, 15) is 9.18 Å². The second kappa shape index (κ2) is 8.41. The van der Waals surface area contributed by atoms with E-state index in [0.29, 0.717) is 17.2 Å². The van der Waals surface area contributed by atoms with Crippen molar-refractivity contribution in [1.29, 1.82) is 0 Å². The maximum absolute atomic E-state index is 13.6. The molecule has 0 fully saturated rings. The van der Waals surface area contributed by atoms with Crippen molar-refractivity contribution in [3.63, 3.8) is 0 Å². The molecule has 0 unspecified atom stereocenters. The minimum atomic E-state index is -0.313. The molecule has 0 aliphatic rings. The summed E-state index contributed by atoms with van der Waals surface area (Å²) in [4.78, 5) is 19.4. The lowest BCUT2D eigenvalue weighted by Crippen LogP contribution is -2.31. The topological polar surface area (TPSA) is 42.4 Å². The molecule has 0 atom stereocenters. The monoisotopic (exact) mass is 406 g/mol. The molecule has 1 amide bonds. The van der Waals surface area contributed by atoms with Crippen molar-refractivity contribution < 1.29 is 13.9 Å². The van der Waals surface area contributed by atoms with Crippen molar-refractivity contribution in [3.8, 4) is 5.75 Å². The Morgan fingerprint density at radius 1 is 1.03 bits per heavy atom. The molecule has 29 heavy (non-hydrogen) atoms. The van der Waals surface area contributed by atoms with Gasteiger partial charge in [-0.15, -0.1) is 0 Å². The molecule has 6 heteroatoms. The van der Waals surface area contributed by atoms with E-state index in [2.05, 4.69) is 4.98 Å². The molecule has 1 heterocycles. The first kappa shape index (κ1) is 19.1. The number of methoxy groups -OCH3 is 1. The van der Waals surface area contributed by atoms with Crippen molar-refractivity contribution in [2.75, 3.05) is 12.0 Å². The molecular weight excluding hydrogens is 387 g/mol. The van der Waals surface area contributed by atoms with Gasteiger partial charge in [0, 0.05) is 0 Å². The number of hydrogen-bond donors (Lipinski definition) is 0. The van der Waals surface area contributed by atoms with E-state index in [4.69, 9.17) is 4.74 Å². The summed E-state index contributed by atoms with van der Waals surface area (Å²) >= 11 is 1.32. The van der Waals surface area contributed by atoms with E-state index in [-0.39, 0.29) is 18.1 Å². The lowest BCUT2D eigenvalue weighted by molar-refractivity contribution is -0.118. The van der Waals surface area contributed by atoms with Gasteiger partial charge in [0.25, 0.3) is 0 Å². The molecule has 0 radical (unpaired) electrons. The van der Waals surface area contributed by atoms with E-state index in [1.54, 1.807) is 18.1 Å². The second-order valence-electron chi connectivity index (χ2n) is 6.60. The molecule has 3 aromatic carbocycles. The maximum Gasteiger partial charge on any atom is 0.233 e. The number of carbonyl (C=O) groups is 1. The summed E-state index contributed by atoms with van der Waals surface area (Å²) < 4.78 is 19.5. The fourth-order valence-corrected chi connectivity index (χ4v) is 4.05. The van der Waals surface area contributed by atoms with Crippen LogP contribution in [-0.2, 0) is 17.8 Å². The standard InChI is InChI=1S/C23H19FN2O2S/c1-28-19-10-7-16(8-11-19)13-22(27)26(15-17-5-3-2-4-6-17)23-25-20-12-9-18(24)14-21(20)29-23/h2-12,14H,13,15H2,1H3. The largest absolute Gasteiger partial charge is 0.497 e. The van der Waals surface area contributed by atoms with Gasteiger partial charge in [-0.05, 0) is 41.5 Å². The van der Waals surface area contributed by atoms with Gasteiger partial charge in [0.05, 0.1) is 30.3 Å². The first-order valence-electron chi connectivity index (χ1n) is 9.16. The molecule has 0 saturated heterocycles. The van der Waals surface area contributed by atoms with Crippen LogP contribution in [0.4, 0.5) is 9.52 Å². The SMILES string of the molecule is COc1ccc(CC(=O)N(Cc2ccccc2)c2nc3ccc(F)cc3s2)cc1. The van der Waals surface area contributed by atoms with E-state index in [1.807, 2.05) is 54.6 Å². The molecule has 0 saturated carbocycles. The Morgan fingerprint density at radius 3 is 2.52 bits per heavy atom. The highest BCUT2D eigenvalue weighted by atomic mass is 32.1. The van der Waals surface area contributed by atoms with Crippen molar-refractivity contribution in [2.24, 2.45) is 0 Å². The van der Waals surface area contributed by atoms with Gasteiger partial charge in [-0.2, -0.15) is 0 Å². The van der Waals surface area contributed by atoms with Crippen LogP contribution >= 0.6 is 11.3 Å². The predicted molar refractivity (Wildman–Crippen MR) is 114 cm³/mol. The number of benzene rings is 3. The first-order valence-corrected chi connectivity index (χ1v) is 9.97. The van der Waals surface area contributed by atoms with Crippen molar-refractivity contribution in [3.05, 3.63) is 89.7 Å². The highest BCUT2D eigenvalue weighted by Gasteiger charge is 2.21. The highest BCUT2D eigenvalue weighted by molar-refractivity contribution is 7.22. The summed E-state index contributed by atoms with van der Waals surface area (Å²) in [5, 5.41) is 0.563. The summed E-state index contributed by atoms with van der Waals surface area (Å²) in [5.74, 6) is 0.362. The zero-order valence-corrected chi connectivity index (χ0v) is 16.7. The van der Waals surface area contributed by atoms with E-state index < -0.39 is 0 Å². The fourth-order valence-electron chi connectivity index (χ4n) is 3.04. The van der Waals surface area contributed by atoms with Crippen molar-refractivity contribution in [1.82, 2.24) is 4.98 Å². The molecule has 0 bridgehead atoms. The minimum absolute atomic E-state index is 0.0708. The number of amides is 1. The van der Waals surface area contributed by atoms with Crippen LogP contribution in [0.3, 0.4) is 0 Å². The smallest absolute Gasteiger partial charge is 0.233 e. The molecule has 4 nitrogen and oxygen atoms in total. The van der Waals surface area contributed by atoms with Gasteiger partial charge < -0.3 is 4.74 Å². The van der Waals surface area contributed by atoms with Crippen LogP contribution < -0.4 is 9.64 Å². The third-order valence-corrected chi connectivity index (χ3v) is 5.61. The number of ether oxygens (including phenoxy) is 1. The maximum atomic E-state index is 13.6. The number of halogens is 1. The molecule has 0 aliphatic carbocycles. The fraction of sp³-hybridized carbons (Fsp3) is 0.130. The Hall–Kier alpha value is -3.25. The predicted octanol–water partition coefficient (Wildman–Crippen LogP) is 5.22. The summed E-state index contributed by atoms with van der Waals surface area (Å²) in [6.07, 6.45) is 0.237. The number of aromatic nitrogens is 1. The van der Waals surface area contributed by atoms with Crippen molar-refractivity contribution >= 4 is 32.6 Å². The molecule has 1 aromatic heterocycles. The number of hydrogen-bond acceptors (Lipinski definition) is 4. The number of rotatable bonds is 6. The Bertz CT molecular complexity index is 1130. The zero-order chi connectivity index (χ0) is 20.2. The third kappa shape index (κ3) is 4.43. The average Bonchev–Trinajstić information content (AvgIpc) is 3.16. The first-order chi connectivity index (χ1) is 14.1. The zero-order valence-electron chi connectivity index (χ0n) is 15.8. The average molecular weight is 406 g/mol. The van der Waals surface area contributed by atoms with Gasteiger partial charge in [0.1, 0.15) is 11.6 Å². The number of fused-ring (bicyclic) bond motifs is 1. The number of nitrogens with zero attached hydrogens (tertiary/aromatic N) is 2. The Balaban J connectivity index is 1.65. The quantitative estimate of drug-likeness (QED) is 0.441. The van der Waals surface area contributed by atoms with Crippen LogP contribution in [-0.4, -0.2) is 18.0 Å². The molecule has 146 valence electrons. The molecule has 0 N–H and O–H groups in total. The van der Waals surface area contributed by atoms with Gasteiger partial charge in [0.15, 0.2) is 5.13 Å². The second-order valence-corrected chi connectivity index (χ2v) is 7.61. The Morgan fingerprint density at radius 2 is 1.79 bits per heavy atom. The Labute approximate surface area is 172 Å². The summed E-state index contributed by atoms with van der Waals surface area (Å²) in [6, 6.07) is 21.7. The van der Waals surface area contributed by atoms with E-state index in [0.717, 1.165) is 21.6 Å². The number of anilines is 1. The van der Waals surface area contributed by atoms with Crippen LogP contribution in [0.2, 0.25) is 0 Å². The molecule has 4 aromatic rings. The van der Waals surface area contributed by atoms with E-state index in [1.165, 1.54) is 23.5 Å². The normalized spacial score (nSPS) is 10.8. The van der Waals surface area contributed by atoms with Gasteiger partial charge in [0.2, 0.25) is 5.91 Å². The van der Waals surface area contributed by atoms with E-state index >= 15 is 0 Å². The van der Waals surface area contributed by atoms with Crippen LogP contribution in [0.5, 0.6) is 5.75 Å². The van der Waals surface area contributed by atoms with Gasteiger partial charge in [-0.3, -0.25) is 9.69 Å². The van der Waals surface area contributed by atoms with Gasteiger partial charge in [-0.25, -0.2) is 9.37 Å². The lowest BCUT2D eigenvalue weighted by atomic mass is 10.1. The molecule has 4 rings (SSSR count). The summed E-state index contributed by atoms with van der Waals surface area (Å²) in [7, 11) is 1.61. The van der Waals surface area contributed by atoms with Crippen LogP contribution in [0.25, 0.3) is 10.2 Å². The van der Waals surface area contributed by atoms with Crippen LogP contribution in [0, 0.1) is 5.82 Å². The highest BCUT2D eigenvalue weighted by Crippen LogP contribution is 2.31.